The van der Waals surface area contributed by atoms with Crippen molar-refractivity contribution >= 4 is 51.1 Å². The lowest BCUT2D eigenvalue weighted by Crippen LogP contribution is -2.51. The SMILES string of the molecule is CN(C)C(=O)CN1CCN(CC(=O)Nc2cc3cccnc3c3ncccc23)CCN(CC(=O)N(C)C)CCN(CC(=O)N(C)C)CC1. The molecule has 0 saturated carbocycles. The van der Waals surface area contributed by atoms with Crippen molar-refractivity contribution in [2.75, 3.05) is 126 Å². The Balaban J connectivity index is 1.55. The highest BCUT2D eigenvalue weighted by atomic mass is 16.2. The van der Waals surface area contributed by atoms with Crippen LogP contribution in [0.3, 0.4) is 0 Å². The second-order valence-electron chi connectivity index (χ2n) is 12.9. The number of likely N-dealkylation sites (N-methyl/N-ethyl adjacent to an activating group) is 3. The van der Waals surface area contributed by atoms with E-state index in [1.54, 1.807) is 69.4 Å². The van der Waals surface area contributed by atoms with Crippen LogP contribution in [0.25, 0.3) is 21.8 Å². The van der Waals surface area contributed by atoms with E-state index in [9.17, 15) is 19.2 Å². The number of carbonyl (C=O) groups is 4. The number of nitrogens with zero attached hydrogens (tertiary/aromatic N) is 9. The number of fused-ring (bicyclic) bond motifs is 3. The van der Waals surface area contributed by atoms with Crippen LogP contribution in [0.15, 0.2) is 42.7 Å². The first-order valence-corrected chi connectivity index (χ1v) is 16.3. The van der Waals surface area contributed by atoms with Crippen LogP contribution in [0.4, 0.5) is 5.69 Å². The molecule has 1 fully saturated rings. The molecule has 48 heavy (non-hydrogen) atoms. The summed E-state index contributed by atoms with van der Waals surface area (Å²) >= 11 is 0. The Labute approximate surface area is 283 Å². The molecule has 0 radical (unpaired) electrons. The van der Waals surface area contributed by atoms with Gasteiger partial charge < -0.3 is 20.0 Å². The van der Waals surface area contributed by atoms with Crippen LogP contribution < -0.4 is 5.32 Å². The summed E-state index contributed by atoms with van der Waals surface area (Å²) in [6.45, 7) is 5.30. The fourth-order valence-corrected chi connectivity index (χ4v) is 5.48. The molecule has 1 aliphatic heterocycles. The summed E-state index contributed by atoms with van der Waals surface area (Å²) in [7, 11) is 10.4. The lowest BCUT2D eigenvalue weighted by atomic mass is 10.1. The van der Waals surface area contributed by atoms with Crippen molar-refractivity contribution in [1.29, 1.82) is 0 Å². The van der Waals surface area contributed by atoms with Gasteiger partial charge in [-0.15, -0.1) is 0 Å². The van der Waals surface area contributed by atoms with Gasteiger partial charge in [0.25, 0.3) is 0 Å². The van der Waals surface area contributed by atoms with Crippen LogP contribution in [0, 0.1) is 0 Å². The summed E-state index contributed by atoms with van der Waals surface area (Å²) < 4.78 is 0. The van der Waals surface area contributed by atoms with Gasteiger partial charge in [0.2, 0.25) is 23.6 Å². The van der Waals surface area contributed by atoms with E-state index in [0.29, 0.717) is 58.0 Å². The van der Waals surface area contributed by atoms with Gasteiger partial charge in [0.15, 0.2) is 0 Å². The minimum Gasteiger partial charge on any atom is -0.348 e. The highest BCUT2D eigenvalue weighted by Crippen LogP contribution is 2.29. The number of aromatic nitrogens is 2. The number of benzene rings is 1. The predicted octanol–water partition coefficient (Wildman–Crippen LogP) is 0.208. The first-order chi connectivity index (χ1) is 22.9. The molecule has 1 aliphatic rings. The molecule has 0 spiro atoms. The molecule has 14 heteroatoms. The van der Waals surface area contributed by atoms with Gasteiger partial charge in [-0.25, -0.2) is 0 Å². The number of amides is 4. The maximum atomic E-state index is 13.7. The minimum atomic E-state index is -0.171. The molecule has 1 N–H and O–H groups in total. The first-order valence-electron chi connectivity index (χ1n) is 16.3. The smallest absolute Gasteiger partial charge is 0.238 e. The van der Waals surface area contributed by atoms with Crippen molar-refractivity contribution in [2.45, 2.75) is 0 Å². The fourth-order valence-electron chi connectivity index (χ4n) is 5.48. The molecule has 0 aliphatic carbocycles. The summed E-state index contributed by atoms with van der Waals surface area (Å²) in [5.74, 6) is -0.197. The van der Waals surface area contributed by atoms with Gasteiger partial charge >= 0.3 is 0 Å². The maximum Gasteiger partial charge on any atom is 0.238 e. The maximum absolute atomic E-state index is 13.7. The Hall–Kier alpha value is -4.24. The van der Waals surface area contributed by atoms with Crippen LogP contribution in [-0.4, -0.2) is 189 Å². The highest BCUT2D eigenvalue weighted by molar-refractivity contribution is 6.12. The quantitative estimate of drug-likeness (QED) is 0.318. The van der Waals surface area contributed by atoms with E-state index in [1.807, 2.05) is 30.3 Å². The number of rotatable bonds is 9. The number of pyridine rings is 2. The molecule has 4 rings (SSSR count). The van der Waals surface area contributed by atoms with Gasteiger partial charge in [-0.3, -0.25) is 48.7 Å². The summed E-state index contributed by atoms with van der Waals surface area (Å²) in [6.07, 6.45) is 3.45. The fraction of sp³-hybridized carbons (Fsp3) is 0.529. The van der Waals surface area contributed by atoms with Crippen LogP contribution >= 0.6 is 0 Å². The van der Waals surface area contributed by atoms with E-state index in [-0.39, 0.29) is 49.8 Å². The van der Waals surface area contributed by atoms with Gasteiger partial charge in [-0.05, 0) is 24.3 Å². The number of carbonyl (C=O) groups excluding carboxylic acids is 4. The summed E-state index contributed by atoms with van der Waals surface area (Å²) in [4.78, 5) is 74.0. The lowest BCUT2D eigenvalue weighted by molar-refractivity contribution is -0.132. The normalized spacial score (nSPS) is 16.2. The van der Waals surface area contributed by atoms with Crippen LogP contribution in [0.5, 0.6) is 0 Å². The zero-order chi connectivity index (χ0) is 34.8. The summed E-state index contributed by atoms with van der Waals surface area (Å²) in [5, 5.41) is 4.81. The Morgan fingerprint density at radius 1 is 0.604 bits per heavy atom. The minimum absolute atomic E-state index is 0.00245. The lowest BCUT2D eigenvalue weighted by Gasteiger charge is -2.34. The molecule has 1 saturated heterocycles. The van der Waals surface area contributed by atoms with Gasteiger partial charge in [0.05, 0.1) is 42.9 Å². The summed E-state index contributed by atoms with van der Waals surface area (Å²) in [5.41, 5.74) is 2.17. The van der Waals surface area contributed by atoms with E-state index >= 15 is 0 Å². The van der Waals surface area contributed by atoms with Crippen molar-refractivity contribution < 1.29 is 19.2 Å². The average Bonchev–Trinajstić information content (AvgIpc) is 3.05. The Morgan fingerprint density at radius 2 is 1.00 bits per heavy atom. The third-order valence-electron chi connectivity index (χ3n) is 8.61. The number of anilines is 1. The molecule has 260 valence electrons. The monoisotopic (exact) mass is 662 g/mol. The zero-order valence-corrected chi connectivity index (χ0v) is 29.2. The third kappa shape index (κ3) is 10.4. The Morgan fingerprint density at radius 3 is 1.44 bits per heavy atom. The zero-order valence-electron chi connectivity index (χ0n) is 29.2. The van der Waals surface area contributed by atoms with Gasteiger partial charge in [0, 0.05) is 118 Å². The third-order valence-corrected chi connectivity index (χ3v) is 8.61. The largest absolute Gasteiger partial charge is 0.348 e. The number of hydrogen-bond donors (Lipinski definition) is 1. The van der Waals surface area contributed by atoms with E-state index in [4.69, 9.17) is 0 Å². The van der Waals surface area contributed by atoms with Crippen LogP contribution in [0.2, 0.25) is 0 Å². The highest BCUT2D eigenvalue weighted by Gasteiger charge is 2.23. The van der Waals surface area contributed by atoms with Crippen molar-refractivity contribution in [3.8, 4) is 0 Å². The molecule has 2 aromatic heterocycles. The molecular weight excluding hydrogens is 612 g/mol. The first kappa shape index (κ1) is 36.6. The van der Waals surface area contributed by atoms with E-state index in [0.717, 1.165) is 21.8 Å². The topological polar surface area (TPSA) is 129 Å². The number of hydrogen-bond acceptors (Lipinski definition) is 10. The molecule has 0 unspecified atom stereocenters. The second kappa shape index (κ2) is 17.2. The number of nitrogens with one attached hydrogen (secondary N) is 1. The molecule has 14 nitrogen and oxygen atoms in total. The molecule has 0 bridgehead atoms. The summed E-state index contributed by atoms with van der Waals surface area (Å²) in [6, 6.07) is 9.51. The van der Waals surface area contributed by atoms with Gasteiger partial charge in [-0.1, -0.05) is 6.07 Å². The van der Waals surface area contributed by atoms with Crippen molar-refractivity contribution in [2.24, 2.45) is 0 Å². The van der Waals surface area contributed by atoms with Crippen LogP contribution in [0.1, 0.15) is 0 Å². The van der Waals surface area contributed by atoms with Crippen molar-refractivity contribution in [3.05, 3.63) is 42.7 Å². The second-order valence-corrected chi connectivity index (χ2v) is 12.9. The molecule has 3 heterocycles. The molecule has 4 amide bonds. The Bertz CT molecular complexity index is 1540. The molecule has 3 aromatic rings. The Kier molecular flexibility index (Phi) is 13.1. The molecule has 0 atom stereocenters. The molecule has 1 aromatic carbocycles. The standard InChI is InChI=1S/C34H50N10O4/c1-38(2)30(46)23-42-15-13-41(14-16-43(24-31(47)39(3)4)18-20-44(19-17-42)25-32(48)40(5)6)22-29(45)37-28-21-26-9-7-11-35-33(26)34-27(28)10-8-12-36-34/h7-12,21H,13-20,22-25H2,1-6H3,(H,37,45). The average molecular weight is 663 g/mol. The van der Waals surface area contributed by atoms with Crippen molar-refractivity contribution in [3.63, 3.8) is 0 Å². The van der Waals surface area contributed by atoms with E-state index < -0.39 is 0 Å². The van der Waals surface area contributed by atoms with Gasteiger partial charge in [0.1, 0.15) is 0 Å². The van der Waals surface area contributed by atoms with Gasteiger partial charge in [-0.2, -0.15) is 0 Å². The van der Waals surface area contributed by atoms with E-state index in [2.05, 4.69) is 34.9 Å². The van der Waals surface area contributed by atoms with E-state index in [1.165, 1.54) is 0 Å². The molecular formula is C34H50N10O4. The van der Waals surface area contributed by atoms with Crippen LogP contribution in [-0.2, 0) is 19.2 Å². The van der Waals surface area contributed by atoms with Crippen molar-refractivity contribution in [1.82, 2.24) is 44.3 Å². The predicted molar refractivity (Wildman–Crippen MR) is 188 cm³/mol.